The third-order valence-electron chi connectivity index (χ3n) is 1.24. The van der Waals surface area contributed by atoms with E-state index in [4.69, 9.17) is 5.26 Å². The molecule has 1 fully saturated rings. The molecular formula is C7H14N2. The van der Waals surface area contributed by atoms with Gasteiger partial charge in [0, 0.05) is 6.54 Å². The van der Waals surface area contributed by atoms with Gasteiger partial charge in [0.15, 0.2) is 0 Å². The first-order valence-corrected chi connectivity index (χ1v) is 3.54. The molecule has 2 nitrogen and oxygen atoms in total. The summed E-state index contributed by atoms with van der Waals surface area (Å²) < 4.78 is 0. The second-order valence-electron chi connectivity index (χ2n) is 1.82. The highest BCUT2D eigenvalue weighted by Crippen LogP contribution is 2.03. The number of hydrogen-bond donors (Lipinski definition) is 1. The molecule has 9 heavy (non-hydrogen) atoms. The SMILES string of the molecule is CC.N#CC1CCNC1. The molecule has 0 aromatic rings. The van der Waals surface area contributed by atoms with Gasteiger partial charge >= 0.3 is 0 Å². The average Bonchev–Trinajstić information content (AvgIpc) is 2.43. The van der Waals surface area contributed by atoms with Gasteiger partial charge in [-0.15, -0.1) is 0 Å². The van der Waals surface area contributed by atoms with E-state index in [9.17, 15) is 0 Å². The fraction of sp³-hybridized carbons (Fsp3) is 0.857. The van der Waals surface area contributed by atoms with Gasteiger partial charge in [-0.05, 0) is 13.0 Å². The lowest BCUT2D eigenvalue weighted by atomic mass is 10.2. The van der Waals surface area contributed by atoms with E-state index in [1.54, 1.807) is 0 Å². The molecule has 1 N–H and O–H groups in total. The number of rotatable bonds is 0. The maximum atomic E-state index is 8.28. The molecule has 1 unspecified atom stereocenters. The molecule has 1 heterocycles. The Morgan fingerprint density at radius 1 is 1.56 bits per heavy atom. The zero-order valence-electron chi connectivity index (χ0n) is 6.15. The van der Waals surface area contributed by atoms with Crippen LogP contribution < -0.4 is 5.32 Å². The molecule has 0 spiro atoms. The van der Waals surface area contributed by atoms with E-state index in [-0.39, 0.29) is 0 Å². The summed E-state index contributed by atoms with van der Waals surface area (Å²) in [7, 11) is 0. The van der Waals surface area contributed by atoms with Crippen LogP contribution in [0.4, 0.5) is 0 Å². The predicted molar refractivity (Wildman–Crippen MR) is 37.9 cm³/mol. The first-order valence-electron chi connectivity index (χ1n) is 3.54. The Morgan fingerprint density at radius 2 is 2.22 bits per heavy atom. The largest absolute Gasteiger partial charge is 0.315 e. The topological polar surface area (TPSA) is 35.8 Å². The second-order valence-corrected chi connectivity index (χ2v) is 1.82. The molecular weight excluding hydrogens is 112 g/mol. The first-order chi connectivity index (χ1) is 4.43. The minimum Gasteiger partial charge on any atom is -0.315 e. The lowest BCUT2D eigenvalue weighted by Gasteiger charge is -1.87. The molecule has 1 atom stereocenters. The van der Waals surface area contributed by atoms with E-state index < -0.39 is 0 Å². The normalized spacial score (nSPS) is 23.9. The maximum absolute atomic E-state index is 8.28. The van der Waals surface area contributed by atoms with Crippen molar-refractivity contribution in [1.82, 2.24) is 5.32 Å². The van der Waals surface area contributed by atoms with Crippen molar-refractivity contribution in [2.75, 3.05) is 13.1 Å². The van der Waals surface area contributed by atoms with E-state index in [1.165, 1.54) is 0 Å². The number of nitriles is 1. The van der Waals surface area contributed by atoms with Crippen LogP contribution >= 0.6 is 0 Å². The summed E-state index contributed by atoms with van der Waals surface area (Å²) in [5.41, 5.74) is 0. The molecule has 52 valence electrons. The molecule has 0 aromatic carbocycles. The highest BCUT2D eigenvalue weighted by molar-refractivity contribution is 4.88. The molecule has 1 aliphatic rings. The molecule has 0 aromatic heterocycles. The second kappa shape index (κ2) is 5.58. The van der Waals surface area contributed by atoms with Crippen molar-refractivity contribution < 1.29 is 0 Å². The number of nitrogens with one attached hydrogen (secondary N) is 1. The summed E-state index contributed by atoms with van der Waals surface area (Å²) in [5, 5.41) is 11.4. The van der Waals surface area contributed by atoms with Crippen LogP contribution in [0.5, 0.6) is 0 Å². The van der Waals surface area contributed by atoms with Crippen molar-refractivity contribution >= 4 is 0 Å². The Morgan fingerprint density at radius 3 is 2.44 bits per heavy atom. The molecule has 0 aliphatic carbocycles. The van der Waals surface area contributed by atoms with Gasteiger partial charge in [-0.3, -0.25) is 0 Å². The quantitative estimate of drug-likeness (QED) is 0.528. The Balaban J connectivity index is 0.000000291. The summed E-state index contributed by atoms with van der Waals surface area (Å²) in [6, 6.07) is 2.20. The van der Waals surface area contributed by atoms with E-state index in [0.29, 0.717) is 5.92 Å². The van der Waals surface area contributed by atoms with Crippen LogP contribution in [-0.2, 0) is 0 Å². The lowest BCUT2D eigenvalue weighted by Crippen LogP contribution is -2.07. The standard InChI is InChI=1S/C5H8N2.C2H6/c6-3-5-1-2-7-4-5;1-2/h5,7H,1-2,4H2;1-2H3. The van der Waals surface area contributed by atoms with E-state index >= 15 is 0 Å². The smallest absolute Gasteiger partial charge is 0.0669 e. The van der Waals surface area contributed by atoms with E-state index in [1.807, 2.05) is 13.8 Å². The predicted octanol–water partition coefficient (Wildman–Crippen LogP) is 1.15. The van der Waals surface area contributed by atoms with Crippen molar-refractivity contribution in [1.29, 1.82) is 5.26 Å². The van der Waals surface area contributed by atoms with E-state index in [0.717, 1.165) is 19.5 Å². The summed E-state index contributed by atoms with van der Waals surface area (Å²) in [5.74, 6) is 0.292. The summed E-state index contributed by atoms with van der Waals surface area (Å²) in [6.45, 7) is 5.93. The fourth-order valence-electron chi connectivity index (χ4n) is 0.765. The van der Waals surface area contributed by atoms with Gasteiger partial charge < -0.3 is 5.32 Å². The van der Waals surface area contributed by atoms with Crippen LogP contribution in [-0.4, -0.2) is 13.1 Å². The molecule has 2 heteroatoms. The van der Waals surface area contributed by atoms with Crippen LogP contribution in [0.2, 0.25) is 0 Å². The van der Waals surface area contributed by atoms with Gasteiger partial charge in [0.2, 0.25) is 0 Å². The van der Waals surface area contributed by atoms with Crippen molar-refractivity contribution in [3.05, 3.63) is 0 Å². The van der Waals surface area contributed by atoms with Crippen LogP contribution in [0.15, 0.2) is 0 Å². The molecule has 0 saturated carbocycles. The monoisotopic (exact) mass is 126 g/mol. The summed E-state index contributed by atoms with van der Waals surface area (Å²) in [4.78, 5) is 0. The highest BCUT2D eigenvalue weighted by Gasteiger charge is 2.11. The third-order valence-corrected chi connectivity index (χ3v) is 1.24. The lowest BCUT2D eigenvalue weighted by molar-refractivity contribution is 0.743. The zero-order valence-corrected chi connectivity index (χ0v) is 6.15. The van der Waals surface area contributed by atoms with Gasteiger partial charge in [-0.2, -0.15) is 5.26 Å². The van der Waals surface area contributed by atoms with Crippen LogP contribution in [0.1, 0.15) is 20.3 Å². The molecule has 1 rings (SSSR count). The third kappa shape index (κ3) is 3.10. The van der Waals surface area contributed by atoms with Crippen molar-refractivity contribution in [2.24, 2.45) is 5.92 Å². The summed E-state index contributed by atoms with van der Waals surface area (Å²) in [6.07, 6.45) is 1.04. The van der Waals surface area contributed by atoms with Crippen LogP contribution in [0.3, 0.4) is 0 Å². The Kier molecular flexibility index (Phi) is 5.24. The molecule has 1 saturated heterocycles. The number of nitrogens with zero attached hydrogens (tertiary/aromatic N) is 1. The molecule has 1 aliphatic heterocycles. The van der Waals surface area contributed by atoms with Crippen molar-refractivity contribution in [3.8, 4) is 6.07 Å². The molecule has 0 amide bonds. The van der Waals surface area contributed by atoms with Gasteiger partial charge in [0.1, 0.15) is 0 Å². The molecule has 0 radical (unpaired) electrons. The van der Waals surface area contributed by atoms with E-state index in [2.05, 4.69) is 11.4 Å². The summed E-state index contributed by atoms with van der Waals surface area (Å²) >= 11 is 0. The van der Waals surface area contributed by atoms with Crippen LogP contribution in [0, 0.1) is 17.2 Å². The molecule has 0 bridgehead atoms. The maximum Gasteiger partial charge on any atom is 0.0669 e. The van der Waals surface area contributed by atoms with Crippen LogP contribution in [0.25, 0.3) is 0 Å². The minimum atomic E-state index is 0.292. The average molecular weight is 126 g/mol. The van der Waals surface area contributed by atoms with Crippen molar-refractivity contribution in [3.63, 3.8) is 0 Å². The highest BCUT2D eigenvalue weighted by atomic mass is 14.9. The number of hydrogen-bond acceptors (Lipinski definition) is 2. The fourth-order valence-corrected chi connectivity index (χ4v) is 0.765. The van der Waals surface area contributed by atoms with Crippen molar-refractivity contribution in [2.45, 2.75) is 20.3 Å². The van der Waals surface area contributed by atoms with Gasteiger partial charge in [0.25, 0.3) is 0 Å². The van der Waals surface area contributed by atoms with Gasteiger partial charge in [-0.25, -0.2) is 0 Å². The minimum absolute atomic E-state index is 0.292. The first kappa shape index (κ1) is 8.45. The van der Waals surface area contributed by atoms with Gasteiger partial charge in [-0.1, -0.05) is 13.8 Å². The Labute approximate surface area is 56.9 Å². The van der Waals surface area contributed by atoms with Gasteiger partial charge in [0.05, 0.1) is 12.0 Å². The Bertz CT molecular complexity index is 87.6. The zero-order chi connectivity index (χ0) is 7.11. The Hall–Kier alpha value is -0.550.